The highest BCUT2D eigenvalue weighted by molar-refractivity contribution is 7.89. The zero-order chi connectivity index (χ0) is 21.6. The van der Waals surface area contributed by atoms with Crippen LogP contribution in [0.4, 0.5) is 4.39 Å². The molecule has 7 nitrogen and oxygen atoms in total. The van der Waals surface area contributed by atoms with Gasteiger partial charge in [-0.05, 0) is 48.9 Å². The molecule has 2 aromatic rings. The summed E-state index contributed by atoms with van der Waals surface area (Å²) in [6.07, 6.45) is 0.575. The quantitative estimate of drug-likeness (QED) is 0.594. The number of hydrogen-bond donors (Lipinski definition) is 0. The van der Waals surface area contributed by atoms with E-state index in [0.717, 1.165) is 0 Å². The average Bonchev–Trinajstić information content (AvgIpc) is 2.78. The molecule has 0 N–H and O–H groups in total. The minimum atomic E-state index is -3.66. The van der Waals surface area contributed by atoms with Gasteiger partial charge in [-0.1, -0.05) is 6.07 Å². The Bertz CT molecular complexity index is 960. The Morgan fingerprint density at radius 2 is 1.87 bits per heavy atom. The number of morpholine rings is 1. The predicted octanol–water partition coefficient (Wildman–Crippen LogP) is 2.39. The molecule has 0 aliphatic carbocycles. The maximum atomic E-state index is 12.9. The SMILES string of the molecule is CN(CCCOc1ccc(F)cc1)C(=O)c1cccc(S(=O)(=O)N2CCOCC2)c1. The van der Waals surface area contributed by atoms with Gasteiger partial charge in [0.2, 0.25) is 10.0 Å². The molecule has 1 heterocycles. The van der Waals surface area contributed by atoms with Gasteiger partial charge in [0.05, 0.1) is 24.7 Å². The number of halogens is 1. The molecule has 0 bridgehead atoms. The Morgan fingerprint density at radius 1 is 1.17 bits per heavy atom. The lowest BCUT2D eigenvalue weighted by molar-refractivity contribution is 0.0730. The second-order valence-electron chi connectivity index (χ2n) is 6.93. The highest BCUT2D eigenvalue weighted by Gasteiger charge is 2.27. The van der Waals surface area contributed by atoms with E-state index in [1.54, 1.807) is 31.3 Å². The van der Waals surface area contributed by atoms with Crippen LogP contribution < -0.4 is 4.74 Å². The van der Waals surface area contributed by atoms with Gasteiger partial charge in [0.1, 0.15) is 11.6 Å². The summed E-state index contributed by atoms with van der Waals surface area (Å²) in [5.41, 5.74) is 0.311. The second kappa shape index (κ2) is 10.0. The summed E-state index contributed by atoms with van der Waals surface area (Å²) < 4.78 is 50.6. The summed E-state index contributed by atoms with van der Waals surface area (Å²) in [6.45, 7) is 2.12. The van der Waals surface area contributed by atoms with Gasteiger partial charge < -0.3 is 14.4 Å². The molecule has 0 unspecified atom stereocenters. The molecule has 0 aromatic heterocycles. The maximum Gasteiger partial charge on any atom is 0.253 e. The summed E-state index contributed by atoms with van der Waals surface area (Å²) in [4.78, 5) is 14.3. The second-order valence-corrected chi connectivity index (χ2v) is 8.86. The Morgan fingerprint density at radius 3 is 2.57 bits per heavy atom. The number of benzene rings is 2. The molecule has 0 saturated carbocycles. The molecule has 1 aliphatic rings. The maximum absolute atomic E-state index is 12.9. The fourth-order valence-electron chi connectivity index (χ4n) is 3.07. The van der Waals surface area contributed by atoms with Crippen molar-refractivity contribution in [2.75, 3.05) is 46.5 Å². The predicted molar refractivity (Wildman–Crippen MR) is 109 cm³/mol. The summed E-state index contributed by atoms with van der Waals surface area (Å²) in [6, 6.07) is 11.8. The van der Waals surface area contributed by atoms with Gasteiger partial charge in [-0.25, -0.2) is 12.8 Å². The minimum absolute atomic E-state index is 0.100. The number of carbonyl (C=O) groups excluding carboxylic acids is 1. The summed E-state index contributed by atoms with van der Waals surface area (Å²) >= 11 is 0. The largest absolute Gasteiger partial charge is 0.494 e. The van der Waals surface area contributed by atoms with Crippen molar-refractivity contribution in [1.29, 1.82) is 0 Å². The van der Waals surface area contributed by atoms with E-state index < -0.39 is 10.0 Å². The van der Waals surface area contributed by atoms with Crippen molar-refractivity contribution in [3.05, 3.63) is 59.9 Å². The van der Waals surface area contributed by atoms with Crippen LogP contribution in [0.2, 0.25) is 0 Å². The third kappa shape index (κ3) is 5.56. The van der Waals surface area contributed by atoms with E-state index in [1.165, 1.54) is 33.5 Å². The lowest BCUT2D eigenvalue weighted by Gasteiger charge is -2.26. The Labute approximate surface area is 176 Å². The Hall–Kier alpha value is -2.49. The average molecular weight is 437 g/mol. The molecule has 9 heteroatoms. The third-order valence-electron chi connectivity index (χ3n) is 4.76. The van der Waals surface area contributed by atoms with Crippen LogP contribution in [0.5, 0.6) is 5.75 Å². The number of ether oxygens (including phenoxy) is 2. The van der Waals surface area contributed by atoms with Gasteiger partial charge in [-0.2, -0.15) is 4.31 Å². The van der Waals surface area contributed by atoms with E-state index >= 15 is 0 Å². The fourth-order valence-corrected chi connectivity index (χ4v) is 4.52. The number of carbonyl (C=O) groups is 1. The molecule has 2 aromatic carbocycles. The molecule has 30 heavy (non-hydrogen) atoms. The fraction of sp³-hybridized carbons (Fsp3) is 0.381. The van der Waals surface area contributed by atoms with E-state index in [9.17, 15) is 17.6 Å². The number of sulfonamides is 1. The zero-order valence-electron chi connectivity index (χ0n) is 16.8. The van der Waals surface area contributed by atoms with Crippen LogP contribution >= 0.6 is 0 Å². The van der Waals surface area contributed by atoms with Crippen molar-refractivity contribution in [1.82, 2.24) is 9.21 Å². The number of nitrogens with zero attached hydrogens (tertiary/aromatic N) is 2. The summed E-state index contributed by atoms with van der Waals surface area (Å²) in [5.74, 6) is -0.0345. The third-order valence-corrected chi connectivity index (χ3v) is 6.65. The number of hydrogen-bond acceptors (Lipinski definition) is 5. The van der Waals surface area contributed by atoms with Gasteiger partial charge in [-0.15, -0.1) is 0 Å². The van der Waals surface area contributed by atoms with Crippen LogP contribution in [0.3, 0.4) is 0 Å². The van der Waals surface area contributed by atoms with Gasteiger partial charge in [0.15, 0.2) is 0 Å². The molecule has 0 spiro atoms. The van der Waals surface area contributed by atoms with Crippen molar-refractivity contribution in [3.8, 4) is 5.75 Å². The molecular formula is C21H25FN2O5S. The molecule has 0 radical (unpaired) electrons. The van der Waals surface area contributed by atoms with Crippen LogP contribution in [0, 0.1) is 5.82 Å². The van der Waals surface area contributed by atoms with Gasteiger partial charge in [0.25, 0.3) is 5.91 Å². The monoisotopic (exact) mass is 436 g/mol. The standard InChI is InChI=1S/C21H25FN2O5S/c1-23(10-3-13-29-19-8-6-18(22)7-9-19)21(25)17-4-2-5-20(16-17)30(26,27)24-11-14-28-15-12-24/h2,4-9,16H,3,10-15H2,1H3. The minimum Gasteiger partial charge on any atom is -0.494 e. The van der Waals surface area contributed by atoms with E-state index in [2.05, 4.69) is 0 Å². The molecule has 1 saturated heterocycles. The summed E-state index contributed by atoms with van der Waals surface area (Å²) in [5, 5.41) is 0. The van der Waals surface area contributed by atoms with Crippen LogP contribution in [0.15, 0.2) is 53.4 Å². The van der Waals surface area contributed by atoms with Gasteiger partial charge in [0, 0.05) is 32.2 Å². The highest BCUT2D eigenvalue weighted by atomic mass is 32.2. The lowest BCUT2D eigenvalue weighted by atomic mass is 10.2. The molecule has 162 valence electrons. The van der Waals surface area contributed by atoms with Crippen molar-refractivity contribution < 1.29 is 27.1 Å². The molecular weight excluding hydrogens is 411 g/mol. The first-order valence-electron chi connectivity index (χ1n) is 9.70. The van der Waals surface area contributed by atoms with Crippen LogP contribution in [-0.2, 0) is 14.8 Å². The van der Waals surface area contributed by atoms with E-state index in [-0.39, 0.29) is 16.6 Å². The molecule has 0 atom stereocenters. The first kappa shape index (κ1) is 22.2. The molecule has 1 fully saturated rings. The number of amides is 1. The van der Waals surface area contributed by atoms with E-state index in [0.29, 0.717) is 57.2 Å². The molecule has 3 rings (SSSR count). The van der Waals surface area contributed by atoms with E-state index in [1.807, 2.05) is 0 Å². The van der Waals surface area contributed by atoms with Gasteiger partial charge in [-0.3, -0.25) is 4.79 Å². The zero-order valence-corrected chi connectivity index (χ0v) is 17.6. The summed E-state index contributed by atoms with van der Waals surface area (Å²) in [7, 11) is -2.01. The first-order chi connectivity index (χ1) is 14.4. The normalized spacial score (nSPS) is 15.0. The first-order valence-corrected chi connectivity index (χ1v) is 11.1. The highest BCUT2D eigenvalue weighted by Crippen LogP contribution is 2.19. The van der Waals surface area contributed by atoms with Gasteiger partial charge >= 0.3 is 0 Å². The molecule has 1 aliphatic heterocycles. The van der Waals surface area contributed by atoms with Crippen molar-refractivity contribution in [3.63, 3.8) is 0 Å². The van der Waals surface area contributed by atoms with Crippen molar-refractivity contribution in [2.24, 2.45) is 0 Å². The Kier molecular flexibility index (Phi) is 7.41. The topological polar surface area (TPSA) is 76.2 Å². The lowest BCUT2D eigenvalue weighted by Crippen LogP contribution is -2.40. The van der Waals surface area contributed by atoms with Crippen molar-refractivity contribution >= 4 is 15.9 Å². The molecule has 1 amide bonds. The van der Waals surface area contributed by atoms with Crippen molar-refractivity contribution in [2.45, 2.75) is 11.3 Å². The van der Waals surface area contributed by atoms with E-state index in [4.69, 9.17) is 9.47 Å². The smallest absolute Gasteiger partial charge is 0.253 e. The Balaban J connectivity index is 1.56. The number of rotatable bonds is 8. The van der Waals surface area contributed by atoms with Crippen LogP contribution in [0.1, 0.15) is 16.8 Å². The van der Waals surface area contributed by atoms with Crippen LogP contribution in [0.25, 0.3) is 0 Å². The van der Waals surface area contributed by atoms with Crippen LogP contribution in [-0.4, -0.2) is 70.0 Å².